The van der Waals surface area contributed by atoms with Crippen LogP contribution in [-0.2, 0) is 4.74 Å². The van der Waals surface area contributed by atoms with Crippen LogP contribution >= 0.6 is 0 Å². The number of carbonyl (C=O) groups is 1. The Morgan fingerprint density at radius 2 is 2.15 bits per heavy atom. The molecular formula is C18H20N4O4. The predicted molar refractivity (Wildman–Crippen MR) is 95.8 cm³/mol. The van der Waals surface area contributed by atoms with Crippen molar-refractivity contribution >= 4 is 17.4 Å². The lowest BCUT2D eigenvalue weighted by Crippen LogP contribution is -2.29. The minimum Gasteiger partial charge on any atom is -0.373 e. The molecule has 0 spiro atoms. The maximum atomic E-state index is 11.6. The molecule has 1 amide bonds. The van der Waals surface area contributed by atoms with E-state index < -0.39 is 10.8 Å². The Bertz CT molecular complexity index is 797. The van der Waals surface area contributed by atoms with E-state index in [9.17, 15) is 14.9 Å². The molecule has 2 aromatic rings. The highest BCUT2D eigenvalue weighted by atomic mass is 16.6. The molecule has 2 atom stereocenters. The second-order valence-corrected chi connectivity index (χ2v) is 6.20. The van der Waals surface area contributed by atoms with Gasteiger partial charge in [0.15, 0.2) is 0 Å². The average molecular weight is 356 g/mol. The number of ether oxygens (including phenoxy) is 1. The molecule has 1 saturated heterocycles. The average Bonchev–Trinajstić information content (AvgIpc) is 2.67. The summed E-state index contributed by atoms with van der Waals surface area (Å²) in [6, 6.07) is 11.1. The van der Waals surface area contributed by atoms with E-state index in [1.165, 1.54) is 0 Å². The van der Waals surface area contributed by atoms with Crippen molar-refractivity contribution in [3.8, 4) is 0 Å². The summed E-state index contributed by atoms with van der Waals surface area (Å²) in [6.45, 7) is 1.23. The molecule has 1 aromatic heterocycles. The zero-order valence-corrected chi connectivity index (χ0v) is 14.1. The van der Waals surface area contributed by atoms with Gasteiger partial charge in [-0.2, -0.15) is 0 Å². The van der Waals surface area contributed by atoms with Gasteiger partial charge in [0, 0.05) is 25.1 Å². The number of pyridine rings is 1. The minimum absolute atomic E-state index is 0.00666. The summed E-state index contributed by atoms with van der Waals surface area (Å²) >= 11 is 0. The molecule has 8 nitrogen and oxygen atoms in total. The van der Waals surface area contributed by atoms with Crippen LogP contribution in [0.25, 0.3) is 0 Å². The number of hydrogen-bond donors (Lipinski definition) is 2. The summed E-state index contributed by atoms with van der Waals surface area (Å²) < 4.78 is 5.95. The van der Waals surface area contributed by atoms with E-state index in [4.69, 9.17) is 10.5 Å². The monoisotopic (exact) mass is 356 g/mol. The van der Waals surface area contributed by atoms with Crippen LogP contribution in [0.2, 0.25) is 0 Å². The van der Waals surface area contributed by atoms with E-state index in [0.717, 1.165) is 30.7 Å². The van der Waals surface area contributed by atoms with Gasteiger partial charge in [0.25, 0.3) is 11.6 Å². The summed E-state index contributed by atoms with van der Waals surface area (Å²) in [5, 5.41) is 14.0. The molecule has 3 rings (SSSR count). The Morgan fingerprint density at radius 3 is 2.85 bits per heavy atom. The van der Waals surface area contributed by atoms with Crippen LogP contribution in [0.4, 0.5) is 11.5 Å². The smallest absolute Gasteiger partial charge is 0.288 e. The molecule has 2 heterocycles. The van der Waals surface area contributed by atoms with Crippen LogP contribution < -0.4 is 11.1 Å². The van der Waals surface area contributed by atoms with Gasteiger partial charge in [-0.05, 0) is 18.4 Å². The normalized spacial score (nSPS) is 19.7. The topological polar surface area (TPSA) is 120 Å². The van der Waals surface area contributed by atoms with Gasteiger partial charge in [-0.15, -0.1) is 0 Å². The van der Waals surface area contributed by atoms with Gasteiger partial charge in [0.1, 0.15) is 12.0 Å². The maximum Gasteiger partial charge on any atom is 0.288 e. The molecule has 8 heteroatoms. The van der Waals surface area contributed by atoms with E-state index in [-0.39, 0.29) is 29.1 Å². The summed E-state index contributed by atoms with van der Waals surface area (Å²) in [4.78, 5) is 25.9. The summed E-state index contributed by atoms with van der Waals surface area (Å²) in [7, 11) is 0. The third kappa shape index (κ3) is 3.97. The lowest BCUT2D eigenvalue weighted by Gasteiger charge is -2.32. The van der Waals surface area contributed by atoms with E-state index in [0.29, 0.717) is 13.2 Å². The maximum absolute atomic E-state index is 11.6. The van der Waals surface area contributed by atoms with Crippen LogP contribution in [0.1, 0.15) is 34.9 Å². The van der Waals surface area contributed by atoms with Crippen molar-refractivity contribution < 1.29 is 14.5 Å². The molecule has 2 unspecified atom stereocenters. The fraction of sp³-hybridized carbons (Fsp3) is 0.333. The second-order valence-electron chi connectivity index (χ2n) is 6.20. The molecule has 3 N–H and O–H groups in total. The van der Waals surface area contributed by atoms with Gasteiger partial charge >= 0.3 is 0 Å². The van der Waals surface area contributed by atoms with Crippen molar-refractivity contribution in [1.29, 1.82) is 0 Å². The van der Waals surface area contributed by atoms with Crippen LogP contribution in [0.5, 0.6) is 0 Å². The summed E-state index contributed by atoms with van der Waals surface area (Å²) in [5.41, 5.74) is 6.18. The molecule has 1 fully saturated rings. The molecular weight excluding hydrogens is 336 g/mol. The molecule has 1 aromatic carbocycles. The Balaban J connectivity index is 1.76. The number of benzene rings is 1. The first-order valence-corrected chi connectivity index (χ1v) is 8.41. The number of rotatable bonds is 6. The Hall–Kier alpha value is -3.00. The second kappa shape index (κ2) is 7.92. The number of aromatic nitrogens is 1. The van der Waals surface area contributed by atoms with Crippen molar-refractivity contribution in [2.45, 2.75) is 18.9 Å². The van der Waals surface area contributed by atoms with Crippen LogP contribution in [-0.4, -0.2) is 29.0 Å². The standard InChI is InChI=1S/C18H20N4O4/c19-17(23)15-9-14(22(24)25)11-21-18(15)20-10-13-7-4-8-26-16(13)12-5-2-1-3-6-12/h1-3,5-6,9,11,13,16H,4,7-8,10H2,(H2,19,23)(H,20,21). The van der Waals surface area contributed by atoms with E-state index in [2.05, 4.69) is 10.3 Å². The van der Waals surface area contributed by atoms with Gasteiger partial charge in [0.2, 0.25) is 0 Å². The lowest BCUT2D eigenvalue weighted by molar-refractivity contribution is -0.385. The van der Waals surface area contributed by atoms with E-state index in [1.807, 2.05) is 30.3 Å². The van der Waals surface area contributed by atoms with E-state index in [1.54, 1.807) is 0 Å². The van der Waals surface area contributed by atoms with Crippen molar-refractivity contribution in [2.24, 2.45) is 11.7 Å². The Morgan fingerprint density at radius 1 is 1.38 bits per heavy atom. The molecule has 1 aliphatic rings. The molecule has 0 radical (unpaired) electrons. The van der Waals surface area contributed by atoms with Crippen LogP contribution in [0, 0.1) is 16.0 Å². The molecule has 136 valence electrons. The molecule has 0 bridgehead atoms. The molecule has 1 aliphatic heterocycles. The van der Waals surface area contributed by atoms with Crippen LogP contribution in [0.15, 0.2) is 42.6 Å². The predicted octanol–water partition coefficient (Wildman–Crippen LogP) is 2.67. The quantitative estimate of drug-likeness (QED) is 0.606. The van der Waals surface area contributed by atoms with Crippen molar-refractivity contribution in [3.05, 3.63) is 63.8 Å². The third-order valence-corrected chi connectivity index (χ3v) is 4.45. The number of nitrogens with one attached hydrogen (secondary N) is 1. The van der Waals surface area contributed by atoms with Gasteiger partial charge in [-0.25, -0.2) is 4.98 Å². The SMILES string of the molecule is NC(=O)c1cc([N+](=O)[O-])cnc1NCC1CCCOC1c1ccccc1. The third-order valence-electron chi connectivity index (χ3n) is 4.45. The van der Waals surface area contributed by atoms with E-state index >= 15 is 0 Å². The van der Waals surface area contributed by atoms with Crippen molar-refractivity contribution in [1.82, 2.24) is 4.98 Å². The highest BCUT2D eigenvalue weighted by molar-refractivity contribution is 5.98. The number of primary amides is 1. The number of amides is 1. The summed E-state index contributed by atoms with van der Waals surface area (Å²) in [5.74, 6) is -0.326. The number of carbonyl (C=O) groups excluding carboxylic acids is 1. The molecule has 0 aliphatic carbocycles. The fourth-order valence-corrected chi connectivity index (χ4v) is 3.17. The number of nitrogens with zero attached hydrogens (tertiary/aromatic N) is 2. The number of anilines is 1. The minimum atomic E-state index is -0.761. The Labute approximate surface area is 150 Å². The van der Waals surface area contributed by atoms with Gasteiger partial charge in [0.05, 0.1) is 16.6 Å². The number of nitro groups is 1. The fourth-order valence-electron chi connectivity index (χ4n) is 3.17. The van der Waals surface area contributed by atoms with Gasteiger partial charge < -0.3 is 15.8 Å². The number of nitrogens with two attached hydrogens (primary N) is 1. The zero-order chi connectivity index (χ0) is 18.5. The Kier molecular flexibility index (Phi) is 5.43. The van der Waals surface area contributed by atoms with Crippen LogP contribution in [0.3, 0.4) is 0 Å². The molecule has 26 heavy (non-hydrogen) atoms. The van der Waals surface area contributed by atoms with Gasteiger partial charge in [-0.3, -0.25) is 14.9 Å². The first-order valence-electron chi connectivity index (χ1n) is 8.41. The molecule has 0 saturated carbocycles. The highest BCUT2D eigenvalue weighted by Crippen LogP contribution is 2.33. The van der Waals surface area contributed by atoms with Crippen molar-refractivity contribution in [2.75, 3.05) is 18.5 Å². The first-order chi connectivity index (χ1) is 12.6. The largest absolute Gasteiger partial charge is 0.373 e. The lowest BCUT2D eigenvalue weighted by atomic mass is 9.89. The number of hydrogen-bond acceptors (Lipinski definition) is 6. The summed E-state index contributed by atoms with van der Waals surface area (Å²) in [6.07, 6.45) is 2.98. The highest BCUT2D eigenvalue weighted by Gasteiger charge is 2.28. The van der Waals surface area contributed by atoms with Crippen molar-refractivity contribution in [3.63, 3.8) is 0 Å². The van der Waals surface area contributed by atoms with Gasteiger partial charge in [-0.1, -0.05) is 30.3 Å². The zero-order valence-electron chi connectivity index (χ0n) is 14.1. The first kappa shape index (κ1) is 17.8.